The lowest BCUT2D eigenvalue weighted by Crippen LogP contribution is -1.98. The molecule has 0 atom stereocenters. The molecule has 1 aliphatic carbocycles. The van der Waals surface area contributed by atoms with Gasteiger partial charge in [0.05, 0.1) is 12.0 Å². The van der Waals surface area contributed by atoms with Gasteiger partial charge in [0.15, 0.2) is 0 Å². The van der Waals surface area contributed by atoms with Crippen LogP contribution in [0.15, 0.2) is 36.8 Å². The molecule has 82 valence electrons. The van der Waals surface area contributed by atoms with E-state index in [2.05, 4.69) is 46.9 Å². The first-order chi connectivity index (χ1) is 7.86. The van der Waals surface area contributed by atoms with Crippen LogP contribution in [-0.2, 0) is 19.4 Å². The molecule has 16 heavy (non-hydrogen) atoms. The summed E-state index contributed by atoms with van der Waals surface area (Å²) in [5.74, 6) is 0.588. The largest absolute Gasteiger partial charge is 0.337 e. The van der Waals surface area contributed by atoms with Crippen LogP contribution >= 0.6 is 0 Å². The molecular formula is C14H16N2. The highest BCUT2D eigenvalue weighted by atomic mass is 15.0. The van der Waals surface area contributed by atoms with E-state index in [0.29, 0.717) is 5.92 Å². The van der Waals surface area contributed by atoms with Gasteiger partial charge in [-0.25, -0.2) is 4.98 Å². The predicted octanol–water partition coefficient (Wildman–Crippen LogP) is 2.79. The zero-order chi connectivity index (χ0) is 11.0. The normalized spacial score (nSPS) is 15.3. The molecule has 1 aromatic heterocycles. The fraction of sp³-hybridized carbons (Fsp3) is 0.357. The molecule has 0 saturated heterocycles. The number of fused-ring (bicyclic) bond motifs is 1. The van der Waals surface area contributed by atoms with Crippen LogP contribution in [0.3, 0.4) is 0 Å². The summed E-state index contributed by atoms with van der Waals surface area (Å²) in [6.45, 7) is 3.15. The first kappa shape index (κ1) is 9.64. The Morgan fingerprint density at radius 2 is 1.94 bits per heavy atom. The van der Waals surface area contributed by atoms with Gasteiger partial charge in [0.1, 0.15) is 0 Å². The Bertz CT molecular complexity index is 474. The van der Waals surface area contributed by atoms with E-state index in [4.69, 9.17) is 0 Å². The number of hydrogen-bond acceptors (Lipinski definition) is 1. The fourth-order valence-corrected chi connectivity index (χ4v) is 2.53. The molecule has 0 fully saturated rings. The van der Waals surface area contributed by atoms with Gasteiger partial charge < -0.3 is 4.57 Å². The van der Waals surface area contributed by atoms with Gasteiger partial charge in [-0.15, -0.1) is 0 Å². The molecular weight excluding hydrogens is 196 g/mol. The Labute approximate surface area is 95.9 Å². The van der Waals surface area contributed by atoms with Crippen molar-refractivity contribution in [1.82, 2.24) is 9.55 Å². The van der Waals surface area contributed by atoms with Gasteiger partial charge in [-0.1, -0.05) is 24.3 Å². The first-order valence-electron chi connectivity index (χ1n) is 5.95. The molecule has 0 radical (unpaired) electrons. The van der Waals surface area contributed by atoms with E-state index < -0.39 is 0 Å². The van der Waals surface area contributed by atoms with Gasteiger partial charge in [0.2, 0.25) is 0 Å². The van der Waals surface area contributed by atoms with Crippen molar-refractivity contribution in [3.63, 3.8) is 0 Å². The van der Waals surface area contributed by atoms with E-state index in [0.717, 1.165) is 19.4 Å². The molecule has 0 amide bonds. The molecule has 1 aliphatic rings. The number of rotatable bonds is 2. The summed E-state index contributed by atoms with van der Waals surface area (Å²) < 4.78 is 2.15. The van der Waals surface area contributed by atoms with Crippen molar-refractivity contribution >= 4 is 0 Å². The van der Waals surface area contributed by atoms with E-state index in [1.165, 1.54) is 16.8 Å². The van der Waals surface area contributed by atoms with Crippen molar-refractivity contribution in [1.29, 1.82) is 0 Å². The smallest absolute Gasteiger partial charge is 0.0949 e. The lowest BCUT2D eigenvalue weighted by atomic mass is 10.0. The number of aromatic nitrogens is 2. The summed E-state index contributed by atoms with van der Waals surface area (Å²) in [5.41, 5.74) is 4.25. The quantitative estimate of drug-likeness (QED) is 0.748. The van der Waals surface area contributed by atoms with E-state index >= 15 is 0 Å². The maximum Gasteiger partial charge on any atom is 0.0949 e. The first-order valence-corrected chi connectivity index (χ1v) is 5.95. The molecule has 1 aromatic carbocycles. The molecule has 3 rings (SSSR count). The molecule has 2 heteroatoms. The average Bonchev–Trinajstić information content (AvgIpc) is 2.95. The topological polar surface area (TPSA) is 17.8 Å². The van der Waals surface area contributed by atoms with Gasteiger partial charge in [-0.2, -0.15) is 0 Å². The van der Waals surface area contributed by atoms with Gasteiger partial charge in [0.25, 0.3) is 0 Å². The molecule has 0 aliphatic heterocycles. The second kappa shape index (κ2) is 3.78. The van der Waals surface area contributed by atoms with Gasteiger partial charge in [-0.05, 0) is 30.9 Å². The average molecular weight is 212 g/mol. The fourth-order valence-electron chi connectivity index (χ4n) is 2.53. The number of nitrogens with zero attached hydrogens (tertiary/aromatic N) is 2. The minimum atomic E-state index is 0.588. The Morgan fingerprint density at radius 3 is 2.50 bits per heavy atom. The zero-order valence-electron chi connectivity index (χ0n) is 9.56. The highest BCUT2D eigenvalue weighted by Crippen LogP contribution is 2.32. The van der Waals surface area contributed by atoms with Crippen LogP contribution in [0.2, 0.25) is 0 Å². The van der Waals surface area contributed by atoms with E-state index in [1.54, 1.807) is 0 Å². The molecule has 0 bridgehead atoms. The predicted molar refractivity (Wildman–Crippen MR) is 64.5 cm³/mol. The summed E-state index contributed by atoms with van der Waals surface area (Å²) in [7, 11) is 0. The van der Waals surface area contributed by atoms with Crippen molar-refractivity contribution in [2.24, 2.45) is 0 Å². The Kier molecular flexibility index (Phi) is 2.28. The van der Waals surface area contributed by atoms with Crippen LogP contribution in [0.1, 0.15) is 29.7 Å². The molecule has 0 spiro atoms. The van der Waals surface area contributed by atoms with Crippen molar-refractivity contribution in [2.45, 2.75) is 32.2 Å². The third-order valence-corrected chi connectivity index (χ3v) is 3.49. The highest BCUT2D eigenvalue weighted by Gasteiger charge is 2.23. The van der Waals surface area contributed by atoms with Gasteiger partial charge >= 0.3 is 0 Å². The van der Waals surface area contributed by atoms with Crippen LogP contribution in [0.4, 0.5) is 0 Å². The second-order valence-electron chi connectivity index (χ2n) is 4.50. The third kappa shape index (κ3) is 1.54. The van der Waals surface area contributed by atoms with Crippen molar-refractivity contribution in [3.8, 4) is 0 Å². The molecule has 2 nitrogen and oxygen atoms in total. The number of hydrogen-bond donors (Lipinski definition) is 0. The minimum absolute atomic E-state index is 0.588. The summed E-state index contributed by atoms with van der Waals surface area (Å²) in [5, 5.41) is 0. The van der Waals surface area contributed by atoms with Crippen molar-refractivity contribution in [3.05, 3.63) is 53.6 Å². The zero-order valence-corrected chi connectivity index (χ0v) is 9.56. The molecule has 0 N–H and O–H groups in total. The monoisotopic (exact) mass is 212 g/mol. The number of aryl methyl sites for hydroxylation is 1. The maximum atomic E-state index is 4.52. The molecule has 0 saturated carbocycles. The SMILES string of the molecule is CCn1cnc(C2Cc3ccccc3C2)c1. The van der Waals surface area contributed by atoms with E-state index in [-0.39, 0.29) is 0 Å². The lowest BCUT2D eigenvalue weighted by Gasteiger charge is -2.03. The standard InChI is InChI=1S/C14H16N2/c1-2-16-9-14(15-10-16)13-7-11-5-3-4-6-12(11)8-13/h3-6,9-10,13H,2,7-8H2,1H3. The highest BCUT2D eigenvalue weighted by molar-refractivity contribution is 5.35. The van der Waals surface area contributed by atoms with Crippen molar-refractivity contribution < 1.29 is 0 Å². The number of benzene rings is 1. The van der Waals surface area contributed by atoms with E-state index in [1.807, 2.05) is 6.33 Å². The van der Waals surface area contributed by atoms with E-state index in [9.17, 15) is 0 Å². The van der Waals surface area contributed by atoms with Crippen LogP contribution in [0.5, 0.6) is 0 Å². The van der Waals surface area contributed by atoms with Crippen LogP contribution < -0.4 is 0 Å². The Balaban J connectivity index is 1.85. The van der Waals surface area contributed by atoms with Crippen LogP contribution in [-0.4, -0.2) is 9.55 Å². The second-order valence-corrected chi connectivity index (χ2v) is 4.50. The van der Waals surface area contributed by atoms with Crippen molar-refractivity contribution in [2.75, 3.05) is 0 Å². The summed E-state index contributed by atoms with van der Waals surface area (Å²) in [6.07, 6.45) is 6.43. The lowest BCUT2D eigenvalue weighted by molar-refractivity contribution is 0.713. The molecule has 0 unspecified atom stereocenters. The van der Waals surface area contributed by atoms with Gasteiger partial charge in [0, 0.05) is 18.7 Å². The summed E-state index contributed by atoms with van der Waals surface area (Å²) in [6, 6.07) is 8.75. The Hall–Kier alpha value is -1.57. The van der Waals surface area contributed by atoms with Gasteiger partial charge in [-0.3, -0.25) is 0 Å². The van der Waals surface area contributed by atoms with Crippen LogP contribution in [0, 0.1) is 0 Å². The summed E-state index contributed by atoms with van der Waals surface area (Å²) in [4.78, 5) is 4.52. The molecule has 1 heterocycles. The molecule has 2 aromatic rings. The number of imidazole rings is 1. The van der Waals surface area contributed by atoms with Crippen LogP contribution in [0.25, 0.3) is 0 Å². The Morgan fingerprint density at radius 1 is 1.25 bits per heavy atom. The minimum Gasteiger partial charge on any atom is -0.337 e. The maximum absolute atomic E-state index is 4.52. The third-order valence-electron chi connectivity index (χ3n) is 3.49. The summed E-state index contributed by atoms with van der Waals surface area (Å²) >= 11 is 0.